The van der Waals surface area contributed by atoms with Gasteiger partial charge in [0.05, 0.1) is 6.21 Å². The van der Waals surface area contributed by atoms with Gasteiger partial charge in [-0.25, -0.2) is 10.2 Å². The standard InChI is InChI=1S/C13H19N3OS/c1-2-3-6-9-18-12-8-5-4-7-11(12)10-15-16-13(14)17/h4-5,7-8,10H,2-3,6,9H2,1H3,(H3,14,16,17). The van der Waals surface area contributed by atoms with Crippen LogP contribution < -0.4 is 11.2 Å². The number of nitrogens with two attached hydrogens (primary N) is 1. The van der Waals surface area contributed by atoms with Crippen molar-refractivity contribution >= 4 is 24.0 Å². The lowest BCUT2D eigenvalue weighted by atomic mass is 10.2. The Hall–Kier alpha value is -1.49. The van der Waals surface area contributed by atoms with Crippen molar-refractivity contribution in [2.75, 3.05) is 5.75 Å². The van der Waals surface area contributed by atoms with E-state index in [1.807, 2.05) is 30.0 Å². The fraction of sp³-hybridized carbons (Fsp3) is 0.385. The van der Waals surface area contributed by atoms with Crippen molar-refractivity contribution in [1.82, 2.24) is 5.43 Å². The van der Waals surface area contributed by atoms with Gasteiger partial charge in [-0.1, -0.05) is 38.0 Å². The highest BCUT2D eigenvalue weighted by Gasteiger charge is 2.00. The Kier molecular flexibility index (Phi) is 6.94. The van der Waals surface area contributed by atoms with Crippen molar-refractivity contribution in [2.45, 2.75) is 31.1 Å². The van der Waals surface area contributed by atoms with Crippen LogP contribution in [0.2, 0.25) is 0 Å². The maximum Gasteiger partial charge on any atom is 0.332 e. The Bertz CT molecular complexity index is 407. The molecule has 0 aliphatic carbocycles. The van der Waals surface area contributed by atoms with Gasteiger partial charge in [-0.05, 0) is 18.2 Å². The Morgan fingerprint density at radius 2 is 2.22 bits per heavy atom. The lowest BCUT2D eigenvalue weighted by molar-refractivity contribution is 0.249. The van der Waals surface area contributed by atoms with Crippen molar-refractivity contribution < 1.29 is 4.79 Å². The molecular weight excluding hydrogens is 246 g/mol. The molecule has 0 aliphatic rings. The smallest absolute Gasteiger partial charge is 0.332 e. The fourth-order valence-corrected chi connectivity index (χ4v) is 2.45. The number of unbranched alkanes of at least 4 members (excludes halogenated alkanes) is 2. The third-order valence-electron chi connectivity index (χ3n) is 2.30. The molecule has 0 saturated heterocycles. The summed E-state index contributed by atoms with van der Waals surface area (Å²) in [5, 5.41) is 3.78. The van der Waals surface area contributed by atoms with Gasteiger partial charge < -0.3 is 5.73 Å². The van der Waals surface area contributed by atoms with E-state index < -0.39 is 6.03 Å². The number of hydrogen-bond acceptors (Lipinski definition) is 3. The molecule has 3 N–H and O–H groups in total. The summed E-state index contributed by atoms with van der Waals surface area (Å²) >= 11 is 1.81. The molecule has 18 heavy (non-hydrogen) atoms. The van der Waals surface area contributed by atoms with Crippen LogP contribution in [0.25, 0.3) is 0 Å². The number of urea groups is 1. The Morgan fingerprint density at radius 1 is 1.44 bits per heavy atom. The molecule has 1 aromatic rings. The number of rotatable bonds is 7. The predicted molar refractivity (Wildman–Crippen MR) is 77.0 cm³/mol. The number of nitrogens with one attached hydrogen (secondary N) is 1. The molecule has 0 aromatic heterocycles. The minimum Gasteiger partial charge on any atom is -0.350 e. The average molecular weight is 265 g/mol. The van der Waals surface area contributed by atoms with Gasteiger partial charge >= 0.3 is 6.03 Å². The monoisotopic (exact) mass is 265 g/mol. The molecule has 0 spiro atoms. The molecule has 0 saturated carbocycles. The van der Waals surface area contributed by atoms with E-state index in [0.717, 1.165) is 11.3 Å². The summed E-state index contributed by atoms with van der Waals surface area (Å²) in [6.07, 6.45) is 5.32. The Labute approximate surface area is 112 Å². The van der Waals surface area contributed by atoms with Crippen LogP contribution >= 0.6 is 11.8 Å². The maximum atomic E-state index is 10.5. The van der Waals surface area contributed by atoms with Crippen LogP contribution in [0, 0.1) is 0 Å². The topological polar surface area (TPSA) is 67.5 Å². The predicted octanol–water partition coefficient (Wildman–Crippen LogP) is 2.97. The first-order valence-electron chi connectivity index (χ1n) is 6.04. The van der Waals surface area contributed by atoms with E-state index in [2.05, 4.69) is 23.5 Å². The van der Waals surface area contributed by atoms with E-state index in [1.165, 1.54) is 24.2 Å². The second-order valence-corrected chi connectivity index (χ2v) is 4.96. The number of benzene rings is 1. The number of hydrazone groups is 1. The van der Waals surface area contributed by atoms with Crippen molar-refractivity contribution in [1.29, 1.82) is 0 Å². The number of primary amides is 1. The SMILES string of the molecule is CCCCCSc1ccccc1C=NNC(N)=O. The van der Waals surface area contributed by atoms with Crippen LogP contribution in [0.15, 0.2) is 34.3 Å². The summed E-state index contributed by atoms with van der Waals surface area (Å²) in [6.45, 7) is 2.20. The molecule has 0 aliphatic heterocycles. The minimum atomic E-state index is -0.653. The molecule has 1 rings (SSSR count). The molecule has 5 heteroatoms. The fourth-order valence-electron chi connectivity index (χ4n) is 1.42. The maximum absolute atomic E-state index is 10.5. The molecule has 4 nitrogen and oxygen atoms in total. The lowest BCUT2D eigenvalue weighted by Crippen LogP contribution is -2.24. The van der Waals surface area contributed by atoms with E-state index in [0.29, 0.717) is 0 Å². The van der Waals surface area contributed by atoms with E-state index in [4.69, 9.17) is 5.73 Å². The average Bonchev–Trinajstić information content (AvgIpc) is 2.36. The highest BCUT2D eigenvalue weighted by Crippen LogP contribution is 2.22. The van der Waals surface area contributed by atoms with Gasteiger partial charge in [0.15, 0.2) is 0 Å². The summed E-state index contributed by atoms with van der Waals surface area (Å²) in [7, 11) is 0. The number of carbonyl (C=O) groups excluding carboxylic acids is 1. The van der Waals surface area contributed by atoms with Crippen molar-refractivity contribution in [3.05, 3.63) is 29.8 Å². The van der Waals surface area contributed by atoms with Gasteiger partial charge in [0, 0.05) is 10.5 Å². The highest BCUT2D eigenvalue weighted by atomic mass is 32.2. The first-order chi connectivity index (χ1) is 8.74. The van der Waals surface area contributed by atoms with Crippen molar-refractivity contribution in [2.24, 2.45) is 10.8 Å². The van der Waals surface area contributed by atoms with Crippen LogP contribution in [0.1, 0.15) is 31.7 Å². The summed E-state index contributed by atoms with van der Waals surface area (Å²) in [5.41, 5.74) is 8.13. The molecule has 0 radical (unpaired) electrons. The minimum absolute atomic E-state index is 0.653. The molecule has 0 unspecified atom stereocenters. The van der Waals surface area contributed by atoms with Crippen molar-refractivity contribution in [3.63, 3.8) is 0 Å². The van der Waals surface area contributed by atoms with Crippen LogP contribution in [-0.4, -0.2) is 18.0 Å². The number of hydrogen-bond donors (Lipinski definition) is 2. The van der Waals surface area contributed by atoms with E-state index in [9.17, 15) is 4.79 Å². The number of nitrogens with zero attached hydrogens (tertiary/aromatic N) is 1. The molecule has 0 bridgehead atoms. The van der Waals surface area contributed by atoms with Gasteiger partial charge in [0.2, 0.25) is 0 Å². The molecule has 1 aromatic carbocycles. The first-order valence-corrected chi connectivity index (χ1v) is 7.03. The lowest BCUT2D eigenvalue weighted by Gasteiger charge is -2.04. The van der Waals surface area contributed by atoms with Gasteiger partial charge in [-0.3, -0.25) is 0 Å². The molecular formula is C13H19N3OS. The molecule has 98 valence electrons. The Balaban J connectivity index is 2.56. The van der Waals surface area contributed by atoms with Gasteiger partial charge in [-0.2, -0.15) is 5.10 Å². The van der Waals surface area contributed by atoms with E-state index in [1.54, 1.807) is 6.21 Å². The van der Waals surface area contributed by atoms with Crippen LogP contribution in [0.4, 0.5) is 4.79 Å². The second kappa shape index (κ2) is 8.58. The summed E-state index contributed by atoms with van der Waals surface area (Å²) in [6, 6.07) is 7.32. The molecule has 2 amide bonds. The summed E-state index contributed by atoms with van der Waals surface area (Å²) in [5.74, 6) is 1.10. The van der Waals surface area contributed by atoms with Crippen LogP contribution in [0.3, 0.4) is 0 Å². The number of thioether (sulfide) groups is 1. The number of carbonyl (C=O) groups is 1. The third kappa shape index (κ3) is 5.72. The van der Waals surface area contributed by atoms with Gasteiger partial charge in [0.1, 0.15) is 0 Å². The van der Waals surface area contributed by atoms with E-state index >= 15 is 0 Å². The van der Waals surface area contributed by atoms with Gasteiger partial charge in [-0.15, -0.1) is 11.8 Å². The second-order valence-electron chi connectivity index (χ2n) is 3.83. The first kappa shape index (κ1) is 14.6. The zero-order valence-electron chi connectivity index (χ0n) is 10.6. The molecule has 0 heterocycles. The third-order valence-corrected chi connectivity index (χ3v) is 3.48. The summed E-state index contributed by atoms with van der Waals surface area (Å²) < 4.78 is 0. The molecule has 0 fully saturated rings. The van der Waals surface area contributed by atoms with Gasteiger partial charge in [0.25, 0.3) is 0 Å². The molecule has 0 atom stereocenters. The quantitative estimate of drug-likeness (QED) is 0.344. The summed E-state index contributed by atoms with van der Waals surface area (Å²) in [4.78, 5) is 11.7. The zero-order valence-corrected chi connectivity index (χ0v) is 11.4. The van der Waals surface area contributed by atoms with Crippen molar-refractivity contribution in [3.8, 4) is 0 Å². The normalized spacial score (nSPS) is 10.7. The Morgan fingerprint density at radius 3 is 2.94 bits per heavy atom. The zero-order chi connectivity index (χ0) is 13.2. The van der Waals surface area contributed by atoms with E-state index in [-0.39, 0.29) is 0 Å². The highest BCUT2D eigenvalue weighted by molar-refractivity contribution is 7.99. The van der Waals surface area contributed by atoms with Crippen LogP contribution in [0.5, 0.6) is 0 Å². The largest absolute Gasteiger partial charge is 0.350 e. The number of amides is 2. The van der Waals surface area contributed by atoms with Crippen LogP contribution in [-0.2, 0) is 0 Å².